The Morgan fingerprint density at radius 2 is 0.727 bits per heavy atom. The Hall–Kier alpha value is -5.31. The monoisotopic (exact) mass is 910 g/mol. The predicted octanol–water partition coefficient (Wildman–Crippen LogP) is 17.6. The molecule has 6 aromatic heterocycles. The first-order valence-electron chi connectivity index (χ1n) is 24.8. The second-order valence-electron chi connectivity index (χ2n) is 14.1. The quantitative estimate of drug-likeness (QED) is 0.161. The van der Waals surface area contributed by atoms with Crippen molar-refractivity contribution in [2.75, 3.05) is 0 Å². The molecule has 372 valence electrons. The van der Waals surface area contributed by atoms with Gasteiger partial charge >= 0.3 is 0 Å². The van der Waals surface area contributed by atoms with Gasteiger partial charge in [-0.2, -0.15) is 0 Å². The van der Waals surface area contributed by atoms with Crippen LogP contribution in [0.4, 0.5) is 0 Å². The SMILES string of the molecule is CC.CC.CC.CC.CC.CC.CC(C)c1ccccn1.CC(C)c1cccnc1.CC(C)c1ccncc1.CC(C)c1ccncn1.CC(C)c1cnccn1.CC(C)c1ncccn1. The molecule has 6 aromatic rings. The maximum absolute atomic E-state index is 4.18. The molecule has 0 radical (unpaired) electrons. The standard InChI is InChI=1S/3C8H11N.3C7H10N2.6C2H6/c1-7(2)8-3-5-9-6-4-8;1-7(2)8-4-3-5-9-6-8;1-7(2)8-5-3-4-6-9-8;1-6(2)7-5-8-3-4-9-7;1-6(2)7-3-4-8-5-9-7;1-6(2)7-8-4-3-5-9-7;6*1-2/h3*3-7H,1-2H3;3*3-6H,1-2H3;6*1-2H3. The van der Waals surface area contributed by atoms with Crippen LogP contribution < -0.4 is 0 Å². The third-order valence-electron chi connectivity index (χ3n) is 7.48. The minimum absolute atomic E-state index is 0.436. The molecule has 0 amide bonds. The van der Waals surface area contributed by atoms with Crippen LogP contribution in [0.5, 0.6) is 0 Å². The molecule has 0 aliphatic carbocycles. The lowest BCUT2D eigenvalue weighted by molar-refractivity contribution is 0.774. The number of nitrogens with zero attached hydrogens (tertiary/aromatic N) is 9. The van der Waals surface area contributed by atoms with Crippen molar-refractivity contribution in [3.63, 3.8) is 0 Å². The van der Waals surface area contributed by atoms with Gasteiger partial charge in [0.2, 0.25) is 0 Å². The van der Waals surface area contributed by atoms with Crippen LogP contribution in [-0.2, 0) is 0 Å². The molecule has 66 heavy (non-hydrogen) atoms. The number of pyridine rings is 3. The lowest BCUT2D eigenvalue weighted by Crippen LogP contribution is -1.93. The zero-order valence-electron chi connectivity index (χ0n) is 46.6. The summed E-state index contributed by atoms with van der Waals surface area (Å²) in [6, 6.07) is 17.9. The predicted molar refractivity (Wildman–Crippen MR) is 291 cm³/mol. The first-order chi connectivity index (χ1) is 31.8. The maximum atomic E-state index is 4.18. The molecule has 0 saturated heterocycles. The van der Waals surface area contributed by atoms with Crippen LogP contribution in [0.15, 0.2) is 129 Å². The van der Waals surface area contributed by atoms with Crippen LogP contribution in [0.2, 0.25) is 0 Å². The van der Waals surface area contributed by atoms with E-state index in [1.54, 1.807) is 49.7 Å². The number of rotatable bonds is 6. The Morgan fingerprint density at radius 3 is 1.00 bits per heavy atom. The van der Waals surface area contributed by atoms with Gasteiger partial charge in [0.05, 0.1) is 5.69 Å². The van der Waals surface area contributed by atoms with Gasteiger partial charge in [0, 0.05) is 85.5 Å². The molecule has 0 spiro atoms. The van der Waals surface area contributed by atoms with Crippen molar-refractivity contribution in [2.24, 2.45) is 0 Å². The summed E-state index contributed by atoms with van der Waals surface area (Å²) in [6.07, 6.45) is 21.3. The van der Waals surface area contributed by atoms with Crippen LogP contribution in [0.3, 0.4) is 0 Å². The van der Waals surface area contributed by atoms with Crippen LogP contribution in [-0.4, -0.2) is 44.9 Å². The molecule has 6 heterocycles. The van der Waals surface area contributed by atoms with Crippen LogP contribution in [0.1, 0.15) is 236 Å². The Morgan fingerprint density at radius 1 is 0.273 bits per heavy atom. The minimum atomic E-state index is 0.436. The van der Waals surface area contributed by atoms with E-state index < -0.39 is 0 Å². The molecule has 6 rings (SSSR count). The Kier molecular flexibility index (Phi) is 61.1. The second-order valence-corrected chi connectivity index (χ2v) is 14.1. The van der Waals surface area contributed by atoms with Crippen molar-refractivity contribution in [1.82, 2.24) is 44.9 Å². The van der Waals surface area contributed by atoms with Crippen LogP contribution in [0.25, 0.3) is 0 Å². The highest BCUT2D eigenvalue weighted by atomic mass is 14.9. The molecule has 0 atom stereocenters. The lowest BCUT2D eigenvalue weighted by atomic mass is 10.1. The van der Waals surface area contributed by atoms with E-state index in [1.807, 2.05) is 156 Å². The van der Waals surface area contributed by atoms with E-state index in [9.17, 15) is 0 Å². The first-order valence-corrected chi connectivity index (χ1v) is 24.8. The Bertz CT molecular complexity index is 1350. The van der Waals surface area contributed by atoms with E-state index in [-0.39, 0.29) is 0 Å². The minimum Gasteiger partial charge on any atom is -0.265 e. The number of hydrogen-bond acceptors (Lipinski definition) is 9. The number of hydrogen-bond donors (Lipinski definition) is 0. The van der Waals surface area contributed by atoms with Crippen molar-refractivity contribution >= 4 is 0 Å². The fourth-order valence-electron chi connectivity index (χ4n) is 4.04. The van der Waals surface area contributed by atoms with Crippen molar-refractivity contribution in [3.05, 3.63) is 163 Å². The molecular weight excluding hydrogens is 811 g/mol. The summed E-state index contributed by atoms with van der Waals surface area (Å²) in [6.45, 7) is 49.5. The van der Waals surface area contributed by atoms with Crippen molar-refractivity contribution in [3.8, 4) is 0 Å². The molecule has 9 heteroatoms. The van der Waals surface area contributed by atoms with E-state index in [0.717, 1.165) is 22.9 Å². The van der Waals surface area contributed by atoms with Gasteiger partial charge in [-0.25, -0.2) is 19.9 Å². The molecule has 0 fully saturated rings. The zero-order valence-corrected chi connectivity index (χ0v) is 46.6. The van der Waals surface area contributed by atoms with Gasteiger partial charge in [0.15, 0.2) is 0 Å². The van der Waals surface area contributed by atoms with Gasteiger partial charge in [0.25, 0.3) is 0 Å². The lowest BCUT2D eigenvalue weighted by Gasteiger charge is -2.01. The van der Waals surface area contributed by atoms with E-state index >= 15 is 0 Å². The van der Waals surface area contributed by atoms with E-state index in [4.69, 9.17) is 0 Å². The summed E-state index contributed by atoms with van der Waals surface area (Å²) in [7, 11) is 0. The largest absolute Gasteiger partial charge is 0.265 e. The zero-order chi connectivity index (χ0) is 52.1. The average molecular weight is 910 g/mol. The number of aromatic nitrogens is 9. The fourth-order valence-corrected chi connectivity index (χ4v) is 4.04. The van der Waals surface area contributed by atoms with Gasteiger partial charge in [0.1, 0.15) is 12.2 Å². The van der Waals surface area contributed by atoms with Gasteiger partial charge in [-0.1, -0.05) is 178 Å². The average Bonchev–Trinajstić information content (AvgIpc) is 3.40. The molecule has 9 nitrogen and oxygen atoms in total. The molecule has 0 saturated carbocycles. The first kappa shape index (κ1) is 72.3. The van der Waals surface area contributed by atoms with E-state index in [0.29, 0.717) is 35.5 Å². The van der Waals surface area contributed by atoms with Crippen molar-refractivity contribution in [1.29, 1.82) is 0 Å². The summed E-state index contributed by atoms with van der Waals surface area (Å²) in [5, 5.41) is 0. The van der Waals surface area contributed by atoms with Gasteiger partial charge in [-0.05, 0) is 83.2 Å². The highest BCUT2D eigenvalue weighted by Gasteiger charge is 1.99. The molecule has 0 bridgehead atoms. The smallest absolute Gasteiger partial charge is 0.130 e. The van der Waals surface area contributed by atoms with Gasteiger partial charge in [-0.15, -0.1) is 0 Å². The Labute approximate surface area is 408 Å². The van der Waals surface area contributed by atoms with Crippen molar-refractivity contribution < 1.29 is 0 Å². The summed E-state index contributed by atoms with van der Waals surface area (Å²) in [4.78, 5) is 36.2. The molecule has 0 aliphatic rings. The molecule has 0 unspecified atom stereocenters. The molecular formula is C57H99N9. The van der Waals surface area contributed by atoms with Crippen LogP contribution >= 0.6 is 0 Å². The van der Waals surface area contributed by atoms with Crippen LogP contribution in [0, 0.1) is 0 Å². The van der Waals surface area contributed by atoms with E-state index in [1.165, 1.54) is 11.1 Å². The highest BCUT2D eigenvalue weighted by molar-refractivity contribution is 5.13. The van der Waals surface area contributed by atoms with Gasteiger partial charge < -0.3 is 0 Å². The molecule has 0 aliphatic heterocycles. The van der Waals surface area contributed by atoms with Gasteiger partial charge in [-0.3, -0.25) is 24.9 Å². The van der Waals surface area contributed by atoms with Crippen molar-refractivity contribution in [2.45, 2.75) is 202 Å². The second kappa shape index (κ2) is 55.8. The summed E-state index contributed by atoms with van der Waals surface area (Å²) in [5.74, 6) is 4.10. The Balaban J connectivity index is -0.000000156. The molecule has 0 N–H and O–H groups in total. The summed E-state index contributed by atoms with van der Waals surface area (Å²) in [5.41, 5.74) is 5.97. The topological polar surface area (TPSA) is 116 Å². The third-order valence-corrected chi connectivity index (χ3v) is 7.48. The highest BCUT2D eigenvalue weighted by Crippen LogP contribution is 2.12. The maximum Gasteiger partial charge on any atom is 0.130 e. The third kappa shape index (κ3) is 43.9. The summed E-state index contributed by atoms with van der Waals surface area (Å²) >= 11 is 0. The fraction of sp³-hybridized carbons (Fsp3) is 0.526. The van der Waals surface area contributed by atoms with E-state index in [2.05, 4.69) is 134 Å². The molecule has 0 aromatic carbocycles. The summed E-state index contributed by atoms with van der Waals surface area (Å²) < 4.78 is 0. The normalized spacial score (nSPS) is 8.82.